The van der Waals surface area contributed by atoms with E-state index in [1.54, 1.807) is 0 Å². The summed E-state index contributed by atoms with van der Waals surface area (Å²) in [5.41, 5.74) is 7.51. The zero-order valence-corrected chi connectivity index (χ0v) is 11.6. The van der Waals surface area contributed by atoms with Crippen LogP contribution in [-0.2, 0) is 0 Å². The van der Waals surface area contributed by atoms with Crippen LogP contribution in [0.1, 0.15) is 38.4 Å². The lowest BCUT2D eigenvalue weighted by Crippen LogP contribution is -2.39. The van der Waals surface area contributed by atoms with Crippen molar-refractivity contribution in [2.45, 2.75) is 38.6 Å². The standard InChI is InChI=1S/C14H21N5/c1-10(2)18-7-3-4-11(8-18)14-17-16-13-6-5-12(15)9-19(13)14/h5-6,9-11H,3-4,7-8,15H2,1-2H3. The van der Waals surface area contributed by atoms with E-state index in [0.29, 0.717) is 12.0 Å². The Bertz CT molecular complexity index is 574. The quantitative estimate of drug-likeness (QED) is 0.895. The first kappa shape index (κ1) is 12.4. The van der Waals surface area contributed by atoms with E-state index >= 15 is 0 Å². The number of aromatic nitrogens is 3. The SMILES string of the molecule is CC(C)N1CCCC(c2nnc3ccc(N)cn23)C1. The number of anilines is 1. The molecule has 0 spiro atoms. The van der Waals surface area contributed by atoms with Gasteiger partial charge in [-0.2, -0.15) is 0 Å². The molecule has 1 aliphatic rings. The Labute approximate surface area is 113 Å². The van der Waals surface area contributed by atoms with E-state index in [1.807, 2.05) is 22.7 Å². The van der Waals surface area contributed by atoms with Gasteiger partial charge in [0, 0.05) is 30.4 Å². The van der Waals surface area contributed by atoms with Crippen molar-refractivity contribution in [2.24, 2.45) is 0 Å². The van der Waals surface area contributed by atoms with Crippen molar-refractivity contribution in [3.8, 4) is 0 Å². The first-order valence-corrected chi connectivity index (χ1v) is 6.99. The summed E-state index contributed by atoms with van der Waals surface area (Å²) in [6.07, 6.45) is 4.33. The minimum absolute atomic E-state index is 0.452. The maximum absolute atomic E-state index is 5.87. The van der Waals surface area contributed by atoms with Crippen LogP contribution >= 0.6 is 0 Å². The molecular weight excluding hydrogens is 238 g/mol. The molecule has 3 rings (SSSR count). The van der Waals surface area contributed by atoms with E-state index in [9.17, 15) is 0 Å². The minimum Gasteiger partial charge on any atom is -0.398 e. The Morgan fingerprint density at radius 3 is 2.95 bits per heavy atom. The van der Waals surface area contributed by atoms with E-state index in [4.69, 9.17) is 5.73 Å². The summed E-state index contributed by atoms with van der Waals surface area (Å²) >= 11 is 0. The average molecular weight is 259 g/mol. The van der Waals surface area contributed by atoms with Crippen LogP contribution in [0.3, 0.4) is 0 Å². The summed E-state index contributed by atoms with van der Waals surface area (Å²) in [5.74, 6) is 1.50. The van der Waals surface area contributed by atoms with Gasteiger partial charge in [0.1, 0.15) is 5.82 Å². The summed E-state index contributed by atoms with van der Waals surface area (Å²) in [4.78, 5) is 2.52. The molecule has 102 valence electrons. The van der Waals surface area contributed by atoms with Crippen LogP contribution in [0.15, 0.2) is 18.3 Å². The molecule has 1 saturated heterocycles. The first-order chi connectivity index (χ1) is 9.15. The van der Waals surface area contributed by atoms with Crippen molar-refractivity contribution in [2.75, 3.05) is 18.8 Å². The number of nitrogens with two attached hydrogens (primary N) is 1. The van der Waals surface area contributed by atoms with Gasteiger partial charge in [0.25, 0.3) is 0 Å². The molecule has 0 amide bonds. The molecule has 5 nitrogen and oxygen atoms in total. The second-order valence-electron chi connectivity index (χ2n) is 5.68. The fourth-order valence-electron chi connectivity index (χ4n) is 2.89. The van der Waals surface area contributed by atoms with Gasteiger partial charge in [-0.05, 0) is 45.4 Å². The summed E-state index contributed by atoms with van der Waals surface area (Å²) in [6.45, 7) is 6.75. The van der Waals surface area contributed by atoms with Crippen LogP contribution in [0.2, 0.25) is 0 Å². The van der Waals surface area contributed by atoms with Gasteiger partial charge < -0.3 is 10.6 Å². The summed E-state index contributed by atoms with van der Waals surface area (Å²) in [7, 11) is 0. The van der Waals surface area contributed by atoms with Gasteiger partial charge in [-0.3, -0.25) is 4.40 Å². The predicted octanol–water partition coefficient (Wildman–Crippen LogP) is 1.90. The van der Waals surface area contributed by atoms with Gasteiger partial charge in [-0.1, -0.05) is 0 Å². The number of piperidine rings is 1. The van der Waals surface area contributed by atoms with E-state index in [-0.39, 0.29) is 0 Å². The summed E-state index contributed by atoms with van der Waals surface area (Å²) in [5, 5.41) is 8.63. The zero-order valence-electron chi connectivity index (χ0n) is 11.6. The predicted molar refractivity (Wildman–Crippen MR) is 76.1 cm³/mol. The van der Waals surface area contributed by atoms with Gasteiger partial charge in [-0.15, -0.1) is 10.2 Å². The smallest absolute Gasteiger partial charge is 0.160 e. The Kier molecular flexibility index (Phi) is 3.14. The number of likely N-dealkylation sites (tertiary alicyclic amines) is 1. The highest BCUT2D eigenvalue weighted by molar-refractivity contribution is 5.47. The maximum atomic E-state index is 5.87. The number of fused-ring (bicyclic) bond motifs is 1. The van der Waals surface area contributed by atoms with E-state index in [2.05, 4.69) is 28.9 Å². The second-order valence-corrected chi connectivity index (χ2v) is 5.68. The average Bonchev–Trinajstić information content (AvgIpc) is 2.81. The van der Waals surface area contributed by atoms with Crippen LogP contribution in [-0.4, -0.2) is 38.6 Å². The Morgan fingerprint density at radius 2 is 2.16 bits per heavy atom. The minimum atomic E-state index is 0.452. The highest BCUT2D eigenvalue weighted by atomic mass is 15.3. The lowest BCUT2D eigenvalue weighted by molar-refractivity contribution is 0.164. The highest BCUT2D eigenvalue weighted by Crippen LogP contribution is 2.27. The monoisotopic (exact) mass is 259 g/mol. The molecule has 1 unspecified atom stereocenters. The fraction of sp³-hybridized carbons (Fsp3) is 0.571. The summed E-state index contributed by atoms with van der Waals surface area (Å²) < 4.78 is 2.05. The molecule has 2 N–H and O–H groups in total. The van der Waals surface area contributed by atoms with Crippen molar-refractivity contribution in [1.29, 1.82) is 0 Å². The normalized spacial score (nSPS) is 21.3. The lowest BCUT2D eigenvalue weighted by atomic mass is 9.96. The van der Waals surface area contributed by atoms with Gasteiger partial charge in [0.2, 0.25) is 0 Å². The molecule has 1 atom stereocenters. The third kappa shape index (κ3) is 2.30. The van der Waals surface area contributed by atoms with Gasteiger partial charge in [0.15, 0.2) is 5.65 Å². The molecule has 2 aromatic heterocycles. The Balaban J connectivity index is 1.93. The van der Waals surface area contributed by atoms with Crippen molar-refractivity contribution in [1.82, 2.24) is 19.5 Å². The van der Waals surface area contributed by atoms with Crippen LogP contribution in [0.5, 0.6) is 0 Å². The molecule has 0 bridgehead atoms. The molecule has 5 heteroatoms. The molecule has 1 fully saturated rings. The van der Waals surface area contributed by atoms with Crippen molar-refractivity contribution in [3.63, 3.8) is 0 Å². The Hall–Kier alpha value is -1.62. The highest BCUT2D eigenvalue weighted by Gasteiger charge is 2.26. The van der Waals surface area contributed by atoms with Crippen LogP contribution < -0.4 is 5.73 Å². The lowest BCUT2D eigenvalue weighted by Gasteiger charge is -2.34. The number of nitrogen functional groups attached to an aromatic ring is 1. The van der Waals surface area contributed by atoms with E-state index in [1.165, 1.54) is 19.4 Å². The van der Waals surface area contributed by atoms with Gasteiger partial charge in [-0.25, -0.2) is 0 Å². The van der Waals surface area contributed by atoms with Gasteiger partial charge >= 0.3 is 0 Å². The molecule has 0 aromatic carbocycles. The number of pyridine rings is 1. The Morgan fingerprint density at radius 1 is 1.32 bits per heavy atom. The van der Waals surface area contributed by atoms with Crippen molar-refractivity contribution >= 4 is 11.3 Å². The number of nitrogens with zero attached hydrogens (tertiary/aromatic N) is 4. The molecule has 0 saturated carbocycles. The largest absolute Gasteiger partial charge is 0.398 e. The number of hydrogen-bond donors (Lipinski definition) is 1. The zero-order chi connectivity index (χ0) is 13.4. The molecule has 1 aliphatic heterocycles. The number of hydrogen-bond acceptors (Lipinski definition) is 4. The molecule has 3 heterocycles. The van der Waals surface area contributed by atoms with Crippen LogP contribution in [0.4, 0.5) is 5.69 Å². The third-order valence-electron chi connectivity index (χ3n) is 4.00. The van der Waals surface area contributed by atoms with Crippen LogP contribution in [0.25, 0.3) is 5.65 Å². The topological polar surface area (TPSA) is 59.5 Å². The molecule has 0 radical (unpaired) electrons. The second kappa shape index (κ2) is 4.81. The van der Waals surface area contributed by atoms with E-state index < -0.39 is 0 Å². The molecule has 19 heavy (non-hydrogen) atoms. The molecule has 2 aromatic rings. The van der Waals surface area contributed by atoms with Gasteiger partial charge in [0.05, 0.1) is 0 Å². The fourth-order valence-corrected chi connectivity index (χ4v) is 2.89. The molecule has 0 aliphatic carbocycles. The number of rotatable bonds is 2. The van der Waals surface area contributed by atoms with E-state index in [0.717, 1.165) is 23.7 Å². The van der Waals surface area contributed by atoms with Crippen molar-refractivity contribution in [3.05, 3.63) is 24.2 Å². The van der Waals surface area contributed by atoms with Crippen molar-refractivity contribution < 1.29 is 0 Å². The first-order valence-electron chi connectivity index (χ1n) is 6.99. The molecular formula is C14H21N5. The third-order valence-corrected chi connectivity index (χ3v) is 4.00. The summed E-state index contributed by atoms with van der Waals surface area (Å²) in [6, 6.07) is 4.39. The van der Waals surface area contributed by atoms with Crippen LogP contribution in [0, 0.1) is 0 Å². The maximum Gasteiger partial charge on any atom is 0.160 e.